The van der Waals surface area contributed by atoms with Gasteiger partial charge in [0, 0.05) is 18.6 Å². The molecule has 0 saturated carbocycles. The average molecular weight is 196 g/mol. The first-order valence-electron chi connectivity index (χ1n) is 5.91. The third-order valence-corrected chi connectivity index (χ3v) is 3.95. The van der Waals surface area contributed by atoms with E-state index in [1.165, 1.54) is 38.8 Å². The molecule has 3 rings (SSSR count). The van der Waals surface area contributed by atoms with E-state index in [2.05, 4.69) is 17.3 Å². The van der Waals surface area contributed by atoms with Gasteiger partial charge in [-0.3, -0.25) is 0 Å². The Morgan fingerprint density at radius 1 is 1.29 bits per heavy atom. The van der Waals surface area contributed by atoms with Crippen molar-refractivity contribution < 1.29 is 4.74 Å². The molecule has 3 aliphatic heterocycles. The fourth-order valence-electron chi connectivity index (χ4n) is 3.19. The highest BCUT2D eigenvalue weighted by Crippen LogP contribution is 2.34. The fraction of sp³-hybridized carbons (Fsp3) is 1.00. The Morgan fingerprint density at radius 2 is 2.21 bits per heavy atom. The van der Waals surface area contributed by atoms with Gasteiger partial charge in [-0.15, -0.1) is 0 Å². The zero-order chi connectivity index (χ0) is 9.54. The van der Waals surface area contributed by atoms with E-state index in [0.29, 0.717) is 24.3 Å². The largest absolute Gasteiger partial charge is 0.373 e. The highest BCUT2D eigenvalue weighted by atomic mass is 16.5. The molecular weight excluding hydrogens is 176 g/mol. The molecule has 80 valence electrons. The predicted octanol–water partition coefficient (Wildman–Crippen LogP) is 0.600. The quantitative estimate of drug-likeness (QED) is 0.700. The fourth-order valence-corrected chi connectivity index (χ4v) is 3.19. The van der Waals surface area contributed by atoms with Crippen molar-refractivity contribution in [3.63, 3.8) is 0 Å². The van der Waals surface area contributed by atoms with Crippen LogP contribution in [0.4, 0.5) is 0 Å². The van der Waals surface area contributed by atoms with Crippen LogP contribution in [-0.4, -0.2) is 49.3 Å². The lowest BCUT2D eigenvalue weighted by molar-refractivity contribution is 0.0961. The monoisotopic (exact) mass is 196 g/mol. The predicted molar refractivity (Wildman–Crippen MR) is 55.3 cm³/mol. The summed E-state index contributed by atoms with van der Waals surface area (Å²) in [4.78, 5) is 2.41. The van der Waals surface area contributed by atoms with Crippen molar-refractivity contribution in [2.24, 2.45) is 0 Å². The lowest BCUT2D eigenvalue weighted by Gasteiger charge is -2.24. The van der Waals surface area contributed by atoms with Gasteiger partial charge >= 0.3 is 0 Å². The van der Waals surface area contributed by atoms with Gasteiger partial charge in [-0.05, 0) is 39.3 Å². The number of fused-ring (bicyclic) bond motifs is 2. The number of hydrogen-bond acceptors (Lipinski definition) is 3. The molecule has 1 N–H and O–H groups in total. The van der Waals surface area contributed by atoms with Crippen LogP contribution in [0.25, 0.3) is 0 Å². The summed E-state index contributed by atoms with van der Waals surface area (Å²) in [5, 5.41) is 3.77. The third kappa shape index (κ3) is 1.58. The zero-order valence-electron chi connectivity index (χ0n) is 8.91. The first-order chi connectivity index (χ1) is 6.81. The van der Waals surface area contributed by atoms with Crippen molar-refractivity contribution in [1.82, 2.24) is 10.2 Å². The Morgan fingerprint density at radius 3 is 2.79 bits per heavy atom. The van der Waals surface area contributed by atoms with Gasteiger partial charge in [0.05, 0.1) is 12.2 Å². The highest BCUT2D eigenvalue weighted by Gasteiger charge is 2.41. The van der Waals surface area contributed by atoms with E-state index >= 15 is 0 Å². The Labute approximate surface area is 85.8 Å². The molecule has 3 heterocycles. The summed E-state index contributed by atoms with van der Waals surface area (Å²) in [6.45, 7) is 2.47. The van der Waals surface area contributed by atoms with Gasteiger partial charge in [-0.1, -0.05) is 0 Å². The van der Waals surface area contributed by atoms with E-state index in [4.69, 9.17) is 4.74 Å². The number of nitrogens with zero attached hydrogens (tertiary/aromatic N) is 1. The normalized spacial score (nSPS) is 47.8. The molecule has 0 aromatic heterocycles. The highest BCUT2D eigenvalue weighted by molar-refractivity contribution is 4.96. The summed E-state index contributed by atoms with van der Waals surface area (Å²) in [5.41, 5.74) is 0. The Balaban J connectivity index is 1.53. The number of nitrogens with one attached hydrogen (secondary N) is 1. The number of likely N-dealkylation sites (tertiary alicyclic amines) is 1. The first-order valence-corrected chi connectivity index (χ1v) is 5.91. The summed E-state index contributed by atoms with van der Waals surface area (Å²) in [6, 6.07) is 1.37. The van der Waals surface area contributed by atoms with Crippen LogP contribution in [0.1, 0.15) is 25.7 Å². The molecular formula is C11H20N2O. The van der Waals surface area contributed by atoms with Crippen LogP contribution < -0.4 is 5.32 Å². The molecule has 2 bridgehead atoms. The minimum absolute atomic E-state index is 0.533. The maximum Gasteiger partial charge on any atom is 0.0733 e. The minimum atomic E-state index is 0.533. The summed E-state index contributed by atoms with van der Waals surface area (Å²) >= 11 is 0. The smallest absolute Gasteiger partial charge is 0.0733 e. The van der Waals surface area contributed by atoms with E-state index in [9.17, 15) is 0 Å². The molecule has 3 saturated heterocycles. The summed E-state index contributed by atoms with van der Waals surface area (Å²) in [6.07, 6.45) is 6.26. The van der Waals surface area contributed by atoms with Gasteiger partial charge in [-0.2, -0.15) is 0 Å². The Bertz CT molecular complexity index is 221. The van der Waals surface area contributed by atoms with E-state index in [1.807, 2.05) is 0 Å². The molecule has 14 heavy (non-hydrogen) atoms. The van der Waals surface area contributed by atoms with Gasteiger partial charge < -0.3 is 15.0 Å². The van der Waals surface area contributed by atoms with Crippen LogP contribution in [0.15, 0.2) is 0 Å². The lowest BCUT2D eigenvalue weighted by Crippen LogP contribution is -2.44. The van der Waals surface area contributed by atoms with Crippen molar-refractivity contribution >= 4 is 0 Å². The van der Waals surface area contributed by atoms with Crippen LogP contribution in [0.5, 0.6) is 0 Å². The van der Waals surface area contributed by atoms with Crippen molar-refractivity contribution in [1.29, 1.82) is 0 Å². The molecule has 3 nitrogen and oxygen atoms in total. The molecule has 0 aromatic rings. The van der Waals surface area contributed by atoms with Crippen LogP contribution >= 0.6 is 0 Å². The summed E-state index contributed by atoms with van der Waals surface area (Å²) < 4.78 is 5.85. The van der Waals surface area contributed by atoms with Gasteiger partial charge in [0.2, 0.25) is 0 Å². The molecule has 0 spiro atoms. The van der Waals surface area contributed by atoms with E-state index in [-0.39, 0.29) is 0 Å². The molecule has 4 unspecified atom stereocenters. The number of ether oxygens (including phenoxy) is 1. The molecule has 0 aromatic carbocycles. The summed E-state index contributed by atoms with van der Waals surface area (Å²) in [5.74, 6) is 0. The maximum absolute atomic E-state index is 5.85. The first kappa shape index (κ1) is 9.13. The average Bonchev–Trinajstić information content (AvgIpc) is 2.82. The van der Waals surface area contributed by atoms with Crippen molar-refractivity contribution in [3.05, 3.63) is 0 Å². The number of hydrogen-bond donors (Lipinski definition) is 1. The molecule has 0 aliphatic carbocycles. The maximum atomic E-state index is 5.85. The topological polar surface area (TPSA) is 24.5 Å². The van der Waals surface area contributed by atoms with Gasteiger partial charge in [0.25, 0.3) is 0 Å². The van der Waals surface area contributed by atoms with Crippen molar-refractivity contribution in [2.45, 2.75) is 50.0 Å². The zero-order valence-corrected chi connectivity index (χ0v) is 8.91. The van der Waals surface area contributed by atoms with Crippen LogP contribution in [-0.2, 0) is 4.74 Å². The standard InChI is InChI=1S/C11H20N2O/c1-13-5-4-8(7-13)12-10-6-9-2-3-11(10)14-9/h8-12H,2-7H2,1H3. The van der Waals surface area contributed by atoms with E-state index in [1.54, 1.807) is 0 Å². The van der Waals surface area contributed by atoms with Crippen LogP contribution in [0.3, 0.4) is 0 Å². The van der Waals surface area contributed by atoms with E-state index in [0.717, 1.165) is 0 Å². The van der Waals surface area contributed by atoms with Gasteiger partial charge in [-0.25, -0.2) is 0 Å². The Hall–Kier alpha value is -0.120. The molecule has 0 radical (unpaired) electrons. The number of rotatable bonds is 2. The molecule has 3 heteroatoms. The molecule has 4 atom stereocenters. The van der Waals surface area contributed by atoms with Gasteiger partial charge in [0.1, 0.15) is 0 Å². The summed E-state index contributed by atoms with van der Waals surface area (Å²) in [7, 11) is 2.21. The molecule has 3 aliphatic rings. The second kappa shape index (κ2) is 3.47. The SMILES string of the molecule is CN1CCC(NC2CC3CCC2O3)C1. The molecule has 3 fully saturated rings. The number of likely N-dealkylation sites (N-methyl/N-ethyl adjacent to an activating group) is 1. The Kier molecular flexibility index (Phi) is 2.26. The molecule has 0 amide bonds. The minimum Gasteiger partial charge on any atom is -0.373 e. The second-order valence-electron chi connectivity index (χ2n) is 5.13. The van der Waals surface area contributed by atoms with Crippen LogP contribution in [0.2, 0.25) is 0 Å². The van der Waals surface area contributed by atoms with E-state index < -0.39 is 0 Å². The van der Waals surface area contributed by atoms with Crippen molar-refractivity contribution in [2.75, 3.05) is 20.1 Å². The van der Waals surface area contributed by atoms with Gasteiger partial charge in [0.15, 0.2) is 0 Å². The van der Waals surface area contributed by atoms with Crippen molar-refractivity contribution in [3.8, 4) is 0 Å². The lowest BCUT2D eigenvalue weighted by atomic mass is 9.95. The second-order valence-corrected chi connectivity index (χ2v) is 5.13. The van der Waals surface area contributed by atoms with Crippen LogP contribution in [0, 0.1) is 0 Å². The third-order valence-electron chi connectivity index (χ3n) is 3.95.